The average molecular weight is 224 g/mol. The molecule has 0 unspecified atom stereocenters. The first-order valence-corrected chi connectivity index (χ1v) is 6.33. The molecular formula is C13H24N2O. The van der Waals surface area contributed by atoms with Gasteiger partial charge in [-0.3, -0.25) is 0 Å². The molecule has 3 nitrogen and oxygen atoms in total. The zero-order valence-electron chi connectivity index (χ0n) is 10.5. The van der Waals surface area contributed by atoms with Crippen LogP contribution in [0.25, 0.3) is 0 Å². The van der Waals surface area contributed by atoms with Crippen LogP contribution in [0.4, 0.5) is 0 Å². The Bertz CT molecular complexity index is 239. The van der Waals surface area contributed by atoms with Crippen LogP contribution in [0.2, 0.25) is 0 Å². The van der Waals surface area contributed by atoms with E-state index in [0.717, 1.165) is 45.2 Å². The van der Waals surface area contributed by atoms with Gasteiger partial charge in [0.15, 0.2) is 0 Å². The number of nitrogens with zero attached hydrogens (tertiary/aromatic N) is 1. The van der Waals surface area contributed by atoms with E-state index in [1.54, 1.807) is 0 Å². The van der Waals surface area contributed by atoms with Crippen LogP contribution in [0, 0.1) is 22.7 Å². The highest BCUT2D eigenvalue weighted by Crippen LogP contribution is 2.26. The fourth-order valence-corrected chi connectivity index (χ4v) is 2.05. The molecular weight excluding hydrogens is 200 g/mol. The first kappa shape index (κ1) is 13.5. The number of nitriles is 1. The Morgan fingerprint density at radius 3 is 2.62 bits per heavy atom. The quantitative estimate of drug-likeness (QED) is 0.651. The summed E-state index contributed by atoms with van der Waals surface area (Å²) in [6.45, 7) is 6.07. The van der Waals surface area contributed by atoms with Crippen LogP contribution in [0.1, 0.15) is 46.0 Å². The second-order valence-corrected chi connectivity index (χ2v) is 5.65. The van der Waals surface area contributed by atoms with E-state index < -0.39 is 0 Å². The molecule has 0 aromatic rings. The van der Waals surface area contributed by atoms with Crippen molar-refractivity contribution in [2.75, 3.05) is 13.1 Å². The summed E-state index contributed by atoms with van der Waals surface area (Å²) in [4.78, 5) is 0. The van der Waals surface area contributed by atoms with Crippen molar-refractivity contribution in [2.24, 2.45) is 11.3 Å². The van der Waals surface area contributed by atoms with Crippen molar-refractivity contribution >= 4 is 0 Å². The van der Waals surface area contributed by atoms with Crippen molar-refractivity contribution in [2.45, 2.75) is 52.1 Å². The van der Waals surface area contributed by atoms with E-state index in [0.29, 0.717) is 5.92 Å². The average Bonchev–Trinajstić information content (AvgIpc) is 2.20. The van der Waals surface area contributed by atoms with E-state index >= 15 is 0 Å². The summed E-state index contributed by atoms with van der Waals surface area (Å²) in [7, 11) is 0. The number of hydrogen-bond donors (Lipinski definition) is 2. The monoisotopic (exact) mass is 224 g/mol. The maximum Gasteiger partial charge on any atom is 0.0683 e. The minimum atomic E-state index is -0.169. The minimum absolute atomic E-state index is 0.0387. The van der Waals surface area contributed by atoms with Gasteiger partial charge < -0.3 is 10.4 Å². The standard InChI is InChI=1S/C13H24N2O/c1-13(2,10-14)5-3-4-6-15-9-11-7-12(16)8-11/h11-12,15-16H,3-9H2,1-2H3. The Hall–Kier alpha value is -0.590. The summed E-state index contributed by atoms with van der Waals surface area (Å²) < 4.78 is 0. The van der Waals surface area contributed by atoms with E-state index in [1.807, 2.05) is 13.8 Å². The van der Waals surface area contributed by atoms with Crippen LogP contribution in [0.3, 0.4) is 0 Å². The van der Waals surface area contributed by atoms with E-state index in [4.69, 9.17) is 10.4 Å². The molecule has 0 heterocycles. The molecule has 0 aliphatic heterocycles. The third-order valence-electron chi connectivity index (χ3n) is 3.35. The smallest absolute Gasteiger partial charge is 0.0683 e. The van der Waals surface area contributed by atoms with Crippen molar-refractivity contribution in [1.29, 1.82) is 5.26 Å². The lowest BCUT2D eigenvalue weighted by atomic mass is 9.82. The van der Waals surface area contributed by atoms with Crippen LogP contribution in [0.15, 0.2) is 0 Å². The Kier molecular flexibility index (Phi) is 5.24. The van der Waals surface area contributed by atoms with Crippen LogP contribution in [0.5, 0.6) is 0 Å². The van der Waals surface area contributed by atoms with E-state index in [9.17, 15) is 0 Å². The van der Waals surface area contributed by atoms with Gasteiger partial charge in [-0.05, 0) is 58.5 Å². The summed E-state index contributed by atoms with van der Waals surface area (Å²) in [6.07, 6.45) is 5.13. The summed E-state index contributed by atoms with van der Waals surface area (Å²) in [5.74, 6) is 0.686. The lowest BCUT2D eigenvalue weighted by Crippen LogP contribution is -2.36. The lowest BCUT2D eigenvalue weighted by molar-refractivity contribution is 0.0431. The Morgan fingerprint density at radius 2 is 2.06 bits per heavy atom. The zero-order chi connectivity index (χ0) is 12.0. The minimum Gasteiger partial charge on any atom is -0.393 e. The maximum atomic E-state index is 9.12. The van der Waals surface area contributed by atoms with Gasteiger partial charge in [0.2, 0.25) is 0 Å². The molecule has 1 aliphatic rings. The lowest BCUT2D eigenvalue weighted by Gasteiger charge is -2.31. The molecule has 92 valence electrons. The summed E-state index contributed by atoms with van der Waals surface area (Å²) in [6, 6.07) is 2.33. The highest BCUT2D eigenvalue weighted by atomic mass is 16.3. The first-order chi connectivity index (χ1) is 7.53. The molecule has 0 aromatic heterocycles. The summed E-state index contributed by atoms with van der Waals surface area (Å²) in [5.41, 5.74) is -0.169. The molecule has 0 atom stereocenters. The molecule has 16 heavy (non-hydrogen) atoms. The second kappa shape index (κ2) is 6.22. The van der Waals surface area contributed by atoms with Crippen LogP contribution >= 0.6 is 0 Å². The molecule has 0 radical (unpaired) electrons. The highest BCUT2D eigenvalue weighted by Gasteiger charge is 2.26. The van der Waals surface area contributed by atoms with Crippen molar-refractivity contribution in [1.82, 2.24) is 5.32 Å². The number of rotatable bonds is 7. The molecule has 1 aliphatic carbocycles. The van der Waals surface area contributed by atoms with Gasteiger partial charge in [0.1, 0.15) is 0 Å². The van der Waals surface area contributed by atoms with E-state index in [-0.39, 0.29) is 11.5 Å². The first-order valence-electron chi connectivity index (χ1n) is 6.33. The van der Waals surface area contributed by atoms with Gasteiger partial charge in [-0.15, -0.1) is 0 Å². The van der Waals surface area contributed by atoms with Gasteiger partial charge in [-0.25, -0.2) is 0 Å². The van der Waals surface area contributed by atoms with Crippen molar-refractivity contribution in [3.8, 4) is 6.07 Å². The molecule has 0 amide bonds. The third-order valence-corrected chi connectivity index (χ3v) is 3.35. The fraction of sp³-hybridized carbons (Fsp3) is 0.923. The van der Waals surface area contributed by atoms with Crippen molar-refractivity contribution in [3.63, 3.8) is 0 Å². The van der Waals surface area contributed by atoms with E-state index in [2.05, 4.69) is 11.4 Å². The SMILES string of the molecule is CC(C)(C#N)CCCCNCC1CC(O)C1. The number of aliphatic hydroxyl groups is 1. The molecule has 1 saturated carbocycles. The Balaban J connectivity index is 1.87. The van der Waals surface area contributed by atoms with Crippen molar-refractivity contribution < 1.29 is 5.11 Å². The molecule has 0 saturated heterocycles. The Morgan fingerprint density at radius 1 is 1.38 bits per heavy atom. The van der Waals surface area contributed by atoms with Gasteiger partial charge >= 0.3 is 0 Å². The molecule has 2 N–H and O–H groups in total. The third kappa shape index (κ3) is 4.96. The number of aliphatic hydroxyl groups excluding tert-OH is 1. The predicted octanol–water partition coefficient (Wildman–Crippen LogP) is 2.07. The van der Waals surface area contributed by atoms with Gasteiger partial charge in [0, 0.05) is 0 Å². The molecule has 0 spiro atoms. The zero-order valence-corrected chi connectivity index (χ0v) is 10.5. The molecule has 0 bridgehead atoms. The number of hydrogen-bond acceptors (Lipinski definition) is 3. The topological polar surface area (TPSA) is 56.0 Å². The molecule has 0 aromatic carbocycles. The van der Waals surface area contributed by atoms with Crippen LogP contribution in [-0.2, 0) is 0 Å². The second-order valence-electron chi connectivity index (χ2n) is 5.65. The van der Waals surface area contributed by atoms with Crippen LogP contribution < -0.4 is 5.32 Å². The van der Waals surface area contributed by atoms with Gasteiger partial charge in [0.25, 0.3) is 0 Å². The molecule has 1 rings (SSSR count). The molecule has 1 fully saturated rings. The number of unbranched alkanes of at least 4 members (excludes halogenated alkanes) is 1. The van der Waals surface area contributed by atoms with Gasteiger partial charge in [-0.2, -0.15) is 5.26 Å². The molecule has 3 heteroatoms. The predicted molar refractivity (Wildman–Crippen MR) is 64.8 cm³/mol. The Labute approximate surface area is 98.8 Å². The van der Waals surface area contributed by atoms with Crippen LogP contribution in [-0.4, -0.2) is 24.3 Å². The van der Waals surface area contributed by atoms with Gasteiger partial charge in [-0.1, -0.05) is 6.42 Å². The maximum absolute atomic E-state index is 9.12. The normalized spacial score (nSPS) is 24.9. The van der Waals surface area contributed by atoms with Gasteiger partial charge in [0.05, 0.1) is 17.6 Å². The highest BCUT2D eigenvalue weighted by molar-refractivity contribution is 4.91. The summed E-state index contributed by atoms with van der Waals surface area (Å²) in [5, 5.41) is 21.4. The van der Waals surface area contributed by atoms with E-state index in [1.165, 1.54) is 0 Å². The van der Waals surface area contributed by atoms with Crippen molar-refractivity contribution in [3.05, 3.63) is 0 Å². The summed E-state index contributed by atoms with van der Waals surface area (Å²) >= 11 is 0. The fourth-order valence-electron chi connectivity index (χ4n) is 2.05. The number of nitrogens with one attached hydrogen (secondary N) is 1. The largest absolute Gasteiger partial charge is 0.393 e.